The summed E-state index contributed by atoms with van der Waals surface area (Å²) in [4.78, 5) is 14.9. The Morgan fingerprint density at radius 3 is 2.77 bits per heavy atom. The molecule has 0 fully saturated rings. The number of H-pyrrole nitrogens is 1. The van der Waals surface area contributed by atoms with Crippen LogP contribution in [0.5, 0.6) is 0 Å². The summed E-state index contributed by atoms with van der Waals surface area (Å²) >= 11 is 6.15. The minimum atomic E-state index is 0.0819. The lowest BCUT2D eigenvalue weighted by atomic mass is 10.0. The number of hydrogen-bond acceptors (Lipinski definition) is 4. The van der Waals surface area contributed by atoms with Crippen molar-refractivity contribution < 1.29 is 0 Å². The number of aryl methyl sites for hydroxylation is 1. The molecule has 31 heavy (non-hydrogen) atoms. The molecule has 0 bridgehead atoms. The van der Waals surface area contributed by atoms with E-state index in [-0.39, 0.29) is 6.04 Å². The van der Waals surface area contributed by atoms with Crippen LogP contribution in [-0.2, 0) is 6.54 Å². The highest BCUT2D eigenvalue weighted by Crippen LogP contribution is 2.35. The lowest BCUT2D eigenvalue weighted by Crippen LogP contribution is -2.24. The van der Waals surface area contributed by atoms with Crippen molar-refractivity contribution in [1.82, 2.24) is 19.9 Å². The van der Waals surface area contributed by atoms with Crippen LogP contribution in [0.2, 0.25) is 5.02 Å². The topological polar surface area (TPSA) is 56.8 Å². The van der Waals surface area contributed by atoms with Gasteiger partial charge < -0.3 is 15.2 Å². The van der Waals surface area contributed by atoms with Crippen molar-refractivity contribution in [3.63, 3.8) is 0 Å². The van der Waals surface area contributed by atoms with E-state index in [0.29, 0.717) is 5.02 Å². The average Bonchev–Trinajstić information content (AvgIpc) is 3.12. The van der Waals surface area contributed by atoms with Crippen molar-refractivity contribution in [2.75, 3.05) is 5.32 Å². The first-order chi connectivity index (χ1) is 15.2. The van der Waals surface area contributed by atoms with Gasteiger partial charge in [0.15, 0.2) is 0 Å². The van der Waals surface area contributed by atoms with Crippen LogP contribution in [0.3, 0.4) is 0 Å². The first-order valence-electron chi connectivity index (χ1n) is 10.2. The van der Waals surface area contributed by atoms with Crippen molar-refractivity contribution in [2.24, 2.45) is 0 Å². The van der Waals surface area contributed by atoms with E-state index >= 15 is 0 Å². The molecule has 5 nitrogen and oxygen atoms in total. The van der Waals surface area contributed by atoms with Gasteiger partial charge in [0.05, 0.1) is 11.4 Å². The van der Waals surface area contributed by atoms with E-state index in [2.05, 4.69) is 80.8 Å². The summed E-state index contributed by atoms with van der Waals surface area (Å²) in [6.07, 6.45) is 10.1. The molecule has 0 amide bonds. The van der Waals surface area contributed by atoms with Crippen LogP contribution in [0, 0.1) is 6.92 Å². The molecule has 1 atom stereocenters. The van der Waals surface area contributed by atoms with Gasteiger partial charge in [-0.2, -0.15) is 0 Å². The predicted molar refractivity (Wildman–Crippen MR) is 126 cm³/mol. The Morgan fingerprint density at radius 1 is 1.06 bits per heavy atom. The zero-order valence-electron chi connectivity index (χ0n) is 17.1. The molecule has 1 unspecified atom stereocenters. The highest BCUT2D eigenvalue weighted by atomic mass is 35.5. The van der Waals surface area contributed by atoms with Crippen LogP contribution >= 0.6 is 11.6 Å². The SMILES string of the molecule is Cc1c(C2C=CC=CN2Cc2ccccc2)[nH]c2ncnc(Nc3cccc(Cl)c3)c12. The third-order valence-corrected chi connectivity index (χ3v) is 5.74. The molecule has 5 rings (SSSR count). The molecule has 0 saturated carbocycles. The smallest absolute Gasteiger partial charge is 0.143 e. The minimum absolute atomic E-state index is 0.0819. The van der Waals surface area contributed by atoms with E-state index in [9.17, 15) is 0 Å². The van der Waals surface area contributed by atoms with Gasteiger partial charge >= 0.3 is 0 Å². The number of aromatic amines is 1. The van der Waals surface area contributed by atoms with Gasteiger partial charge in [0.2, 0.25) is 0 Å². The molecule has 6 heteroatoms. The monoisotopic (exact) mass is 427 g/mol. The van der Waals surface area contributed by atoms with Gasteiger partial charge in [-0.3, -0.25) is 0 Å². The minimum Gasteiger partial charge on any atom is -0.361 e. The summed E-state index contributed by atoms with van der Waals surface area (Å²) in [6, 6.07) is 18.2. The normalized spacial score (nSPS) is 15.5. The van der Waals surface area contributed by atoms with Crippen LogP contribution in [0.15, 0.2) is 85.4 Å². The van der Waals surface area contributed by atoms with Crippen molar-refractivity contribution in [1.29, 1.82) is 0 Å². The standard InChI is InChI=1S/C25H22ClN5/c1-17-22-24(29-20-11-7-10-19(26)14-20)27-16-28-25(22)30-23(17)21-12-5-6-13-31(21)15-18-8-3-2-4-9-18/h2-14,16,21H,15H2,1H3,(H2,27,28,29,30). The molecule has 1 aliphatic rings. The highest BCUT2D eigenvalue weighted by molar-refractivity contribution is 6.30. The van der Waals surface area contributed by atoms with Crippen LogP contribution < -0.4 is 5.32 Å². The van der Waals surface area contributed by atoms with Gasteiger partial charge in [-0.15, -0.1) is 0 Å². The van der Waals surface area contributed by atoms with E-state index in [4.69, 9.17) is 11.6 Å². The maximum absolute atomic E-state index is 6.15. The summed E-state index contributed by atoms with van der Waals surface area (Å²) < 4.78 is 0. The number of hydrogen-bond donors (Lipinski definition) is 2. The molecule has 2 aromatic carbocycles. The van der Waals surface area contributed by atoms with Crippen LogP contribution in [0.4, 0.5) is 11.5 Å². The molecular weight excluding hydrogens is 406 g/mol. The van der Waals surface area contributed by atoms with Crippen molar-refractivity contribution >= 4 is 34.1 Å². The van der Waals surface area contributed by atoms with Gasteiger partial charge in [0, 0.05) is 29.1 Å². The lowest BCUT2D eigenvalue weighted by Gasteiger charge is -2.30. The molecule has 2 N–H and O–H groups in total. The molecule has 0 spiro atoms. The van der Waals surface area contributed by atoms with Crippen LogP contribution in [-0.4, -0.2) is 19.9 Å². The van der Waals surface area contributed by atoms with E-state index < -0.39 is 0 Å². The second-order valence-corrected chi connectivity index (χ2v) is 8.01. The van der Waals surface area contributed by atoms with Gasteiger partial charge in [-0.1, -0.05) is 60.2 Å². The third-order valence-electron chi connectivity index (χ3n) is 5.51. The second kappa shape index (κ2) is 8.28. The zero-order chi connectivity index (χ0) is 21.2. The first kappa shape index (κ1) is 19.4. The number of benzene rings is 2. The molecule has 0 radical (unpaired) electrons. The maximum Gasteiger partial charge on any atom is 0.143 e. The largest absolute Gasteiger partial charge is 0.361 e. The van der Waals surface area contributed by atoms with Crippen LogP contribution in [0.1, 0.15) is 22.9 Å². The zero-order valence-corrected chi connectivity index (χ0v) is 17.8. The summed E-state index contributed by atoms with van der Waals surface area (Å²) in [5.41, 5.74) is 5.21. The van der Waals surface area contributed by atoms with Gasteiger partial charge in [-0.25, -0.2) is 9.97 Å². The van der Waals surface area contributed by atoms with Crippen molar-refractivity contribution in [3.05, 3.63) is 107 Å². The van der Waals surface area contributed by atoms with Gasteiger partial charge in [0.1, 0.15) is 17.8 Å². The quantitative estimate of drug-likeness (QED) is 0.393. The Kier molecular flexibility index (Phi) is 5.18. The molecule has 4 aromatic rings. The number of nitrogens with zero attached hydrogens (tertiary/aromatic N) is 3. The molecule has 0 aliphatic carbocycles. The third kappa shape index (κ3) is 3.92. The van der Waals surface area contributed by atoms with Crippen LogP contribution in [0.25, 0.3) is 11.0 Å². The number of fused-ring (bicyclic) bond motifs is 1. The summed E-state index contributed by atoms with van der Waals surface area (Å²) in [5.74, 6) is 0.761. The maximum atomic E-state index is 6.15. The van der Waals surface area contributed by atoms with Crippen molar-refractivity contribution in [2.45, 2.75) is 19.5 Å². The van der Waals surface area contributed by atoms with E-state index in [1.165, 1.54) is 5.56 Å². The highest BCUT2D eigenvalue weighted by Gasteiger charge is 2.24. The Hall–Kier alpha value is -3.57. The second-order valence-electron chi connectivity index (χ2n) is 7.57. The average molecular weight is 428 g/mol. The van der Waals surface area contributed by atoms with Crippen molar-refractivity contribution in [3.8, 4) is 0 Å². The summed E-state index contributed by atoms with van der Waals surface area (Å²) in [5, 5.41) is 5.06. The van der Waals surface area contributed by atoms with Gasteiger partial charge in [-0.05, 0) is 42.3 Å². The van der Waals surface area contributed by atoms with E-state index in [0.717, 1.165) is 40.3 Å². The number of halogens is 1. The molecule has 2 aromatic heterocycles. The summed E-state index contributed by atoms with van der Waals surface area (Å²) in [6.45, 7) is 2.94. The summed E-state index contributed by atoms with van der Waals surface area (Å²) in [7, 11) is 0. The lowest BCUT2D eigenvalue weighted by molar-refractivity contribution is 0.308. The number of rotatable bonds is 5. The van der Waals surface area contributed by atoms with Gasteiger partial charge in [0.25, 0.3) is 0 Å². The number of allylic oxidation sites excluding steroid dienone is 2. The fraction of sp³-hybridized carbons (Fsp3) is 0.120. The molecule has 3 heterocycles. The Labute approximate surface area is 186 Å². The first-order valence-corrected chi connectivity index (χ1v) is 10.6. The number of anilines is 2. The van der Waals surface area contributed by atoms with E-state index in [1.807, 2.05) is 30.3 Å². The molecule has 1 aliphatic heterocycles. The van der Waals surface area contributed by atoms with E-state index in [1.54, 1.807) is 6.33 Å². The fourth-order valence-electron chi connectivity index (χ4n) is 4.03. The molecule has 0 saturated heterocycles. The fourth-order valence-corrected chi connectivity index (χ4v) is 4.22. The predicted octanol–water partition coefficient (Wildman–Crippen LogP) is 6.29. The Bertz CT molecular complexity index is 1280. The molecule has 154 valence electrons. The Balaban J connectivity index is 1.52. The Morgan fingerprint density at radius 2 is 1.94 bits per heavy atom. The number of aromatic nitrogens is 3. The molecular formula is C25H22ClN5. The number of nitrogens with one attached hydrogen (secondary N) is 2.